The average molecular weight is 422 g/mol. The molecule has 0 aliphatic carbocycles. The van der Waals surface area contributed by atoms with E-state index in [9.17, 15) is 9.90 Å². The maximum absolute atomic E-state index is 12.3. The molecule has 8 heteroatoms. The van der Waals surface area contributed by atoms with Crippen LogP contribution < -0.4 is 0 Å². The lowest BCUT2D eigenvalue weighted by atomic mass is 9.96. The molecule has 8 nitrogen and oxygen atoms in total. The van der Waals surface area contributed by atoms with Gasteiger partial charge in [-0.05, 0) is 45.0 Å². The van der Waals surface area contributed by atoms with E-state index in [-0.39, 0.29) is 23.8 Å². The highest BCUT2D eigenvalue weighted by Gasteiger charge is 2.38. The van der Waals surface area contributed by atoms with Crippen molar-refractivity contribution in [3.05, 3.63) is 42.1 Å². The summed E-state index contributed by atoms with van der Waals surface area (Å²) in [7, 11) is 0. The number of para-hydroxylation sites is 1. The van der Waals surface area contributed by atoms with Crippen molar-refractivity contribution in [1.29, 1.82) is 0 Å². The molecular weight excluding hydrogens is 396 g/mol. The highest BCUT2D eigenvalue weighted by atomic mass is 16.6. The fourth-order valence-corrected chi connectivity index (χ4v) is 4.09. The van der Waals surface area contributed by atoms with Crippen LogP contribution in [0.25, 0.3) is 22.3 Å². The molecule has 2 aromatic heterocycles. The summed E-state index contributed by atoms with van der Waals surface area (Å²) in [5.41, 5.74) is 3.67. The van der Waals surface area contributed by atoms with Crippen molar-refractivity contribution >= 4 is 17.1 Å². The van der Waals surface area contributed by atoms with E-state index in [0.717, 1.165) is 16.7 Å². The molecule has 0 bridgehead atoms. The molecule has 1 amide bonds. The number of hydrogen-bond donors (Lipinski definition) is 1. The highest BCUT2D eigenvalue weighted by molar-refractivity contribution is 5.82. The predicted molar refractivity (Wildman–Crippen MR) is 115 cm³/mol. The average Bonchev–Trinajstić information content (AvgIpc) is 2.96. The molecule has 0 unspecified atom stereocenters. The third-order valence-electron chi connectivity index (χ3n) is 5.74. The van der Waals surface area contributed by atoms with Gasteiger partial charge in [-0.1, -0.05) is 12.1 Å². The van der Waals surface area contributed by atoms with Crippen molar-refractivity contribution in [1.82, 2.24) is 19.7 Å². The Kier molecular flexibility index (Phi) is 4.62. The Balaban J connectivity index is 1.47. The van der Waals surface area contributed by atoms with Gasteiger partial charge in [0, 0.05) is 30.3 Å². The second-order valence-corrected chi connectivity index (χ2v) is 9.23. The quantitative estimate of drug-likeness (QED) is 0.692. The van der Waals surface area contributed by atoms with Gasteiger partial charge in [-0.25, -0.2) is 4.79 Å². The largest absolute Gasteiger partial charge is 0.507 e. The summed E-state index contributed by atoms with van der Waals surface area (Å²) >= 11 is 0. The van der Waals surface area contributed by atoms with Gasteiger partial charge in [-0.15, -0.1) is 10.2 Å². The number of ether oxygens (including phenoxy) is 2. The van der Waals surface area contributed by atoms with Crippen molar-refractivity contribution < 1.29 is 19.4 Å². The lowest BCUT2D eigenvalue weighted by Gasteiger charge is -2.41. The van der Waals surface area contributed by atoms with Gasteiger partial charge in [-0.3, -0.25) is 0 Å². The summed E-state index contributed by atoms with van der Waals surface area (Å²) in [6.45, 7) is 8.13. The molecule has 5 rings (SSSR count). The van der Waals surface area contributed by atoms with Crippen LogP contribution in [0.4, 0.5) is 4.79 Å². The van der Waals surface area contributed by atoms with Crippen LogP contribution in [0.5, 0.6) is 5.75 Å². The van der Waals surface area contributed by atoms with Gasteiger partial charge in [0.05, 0.1) is 30.5 Å². The van der Waals surface area contributed by atoms with Crippen LogP contribution in [0.2, 0.25) is 0 Å². The number of rotatable bonds is 3. The number of phenols is 1. The second-order valence-electron chi connectivity index (χ2n) is 9.23. The van der Waals surface area contributed by atoms with E-state index in [2.05, 4.69) is 20.8 Å². The van der Waals surface area contributed by atoms with Gasteiger partial charge < -0.3 is 24.0 Å². The molecule has 0 radical (unpaired) electrons. The van der Waals surface area contributed by atoms with Gasteiger partial charge in [-0.2, -0.15) is 0 Å². The minimum absolute atomic E-state index is 0.174. The number of aromatic hydroxyl groups is 1. The van der Waals surface area contributed by atoms with Gasteiger partial charge in [0.25, 0.3) is 0 Å². The van der Waals surface area contributed by atoms with Crippen LogP contribution in [0.15, 0.2) is 36.4 Å². The van der Waals surface area contributed by atoms with Crippen molar-refractivity contribution in [3.8, 4) is 17.0 Å². The van der Waals surface area contributed by atoms with Gasteiger partial charge in [0.15, 0.2) is 0 Å². The molecule has 0 spiro atoms. The van der Waals surface area contributed by atoms with Crippen LogP contribution in [0.1, 0.15) is 38.4 Å². The van der Waals surface area contributed by atoms with E-state index in [1.54, 1.807) is 17.0 Å². The number of carbonyl (C=O) groups is 1. The monoisotopic (exact) mass is 422 g/mol. The smallest absolute Gasteiger partial charge is 0.410 e. The minimum atomic E-state index is -0.505. The van der Waals surface area contributed by atoms with Crippen molar-refractivity contribution in [2.75, 3.05) is 26.3 Å². The van der Waals surface area contributed by atoms with Crippen LogP contribution in [-0.2, 0) is 9.47 Å². The summed E-state index contributed by atoms with van der Waals surface area (Å²) in [5, 5.41) is 19.0. The first-order valence-corrected chi connectivity index (χ1v) is 10.5. The number of carbonyl (C=O) groups excluding carboxylic acids is 1. The maximum Gasteiger partial charge on any atom is 0.410 e. The second kappa shape index (κ2) is 7.23. The van der Waals surface area contributed by atoms with Crippen molar-refractivity contribution in [3.63, 3.8) is 0 Å². The Labute approximate surface area is 180 Å². The number of likely N-dealkylation sites (tertiary alicyclic amines) is 1. The first kappa shape index (κ1) is 19.8. The van der Waals surface area contributed by atoms with E-state index in [0.29, 0.717) is 37.6 Å². The lowest BCUT2D eigenvalue weighted by molar-refractivity contribution is -0.0248. The molecular formula is C23H26N4O4. The Morgan fingerprint density at radius 2 is 1.90 bits per heavy atom. The number of amides is 1. The molecule has 4 heterocycles. The first-order chi connectivity index (χ1) is 14.8. The zero-order valence-electron chi connectivity index (χ0n) is 17.9. The number of aromatic nitrogens is 3. The Hall–Kier alpha value is -3.13. The number of fused-ring (bicyclic) bond motifs is 1. The van der Waals surface area contributed by atoms with Crippen molar-refractivity contribution in [2.45, 2.75) is 38.3 Å². The SMILES string of the molecule is CC(C)(C)OC(=O)N1CC(c2cc3nnc(-c4ccccc4O)cc3n2C2COC2)C1. The zero-order valence-corrected chi connectivity index (χ0v) is 17.9. The van der Waals surface area contributed by atoms with Gasteiger partial charge in [0.2, 0.25) is 0 Å². The maximum atomic E-state index is 12.3. The zero-order chi connectivity index (χ0) is 21.8. The summed E-state index contributed by atoms with van der Waals surface area (Å²) < 4.78 is 13.2. The molecule has 3 aromatic rings. The standard InChI is InChI=1S/C23H26N4O4/c1-23(2,3)31-22(29)26-10-14(11-26)19-9-18-20(27(19)15-12-30-13-15)8-17(24-25-18)16-6-4-5-7-21(16)28/h4-9,14-15,28H,10-13H2,1-3H3. The van der Waals surface area contributed by atoms with Crippen LogP contribution >= 0.6 is 0 Å². The molecule has 0 saturated carbocycles. The summed E-state index contributed by atoms with van der Waals surface area (Å²) in [6, 6.07) is 11.4. The number of phenolic OH excluding ortho intramolecular Hbond substituents is 1. The Bertz CT molecular complexity index is 1140. The van der Waals surface area contributed by atoms with Crippen LogP contribution in [-0.4, -0.2) is 62.8 Å². The molecule has 1 N–H and O–H groups in total. The van der Waals surface area contributed by atoms with Crippen LogP contribution in [0.3, 0.4) is 0 Å². The molecule has 31 heavy (non-hydrogen) atoms. The molecule has 2 fully saturated rings. The van der Waals surface area contributed by atoms with E-state index < -0.39 is 5.60 Å². The molecule has 1 aromatic carbocycles. The fraction of sp³-hybridized carbons (Fsp3) is 0.435. The van der Waals surface area contributed by atoms with E-state index in [4.69, 9.17) is 9.47 Å². The Morgan fingerprint density at radius 1 is 1.16 bits per heavy atom. The van der Waals surface area contributed by atoms with E-state index in [1.807, 2.05) is 39.0 Å². The third-order valence-corrected chi connectivity index (χ3v) is 5.74. The summed E-state index contributed by atoms with van der Waals surface area (Å²) in [6.07, 6.45) is -0.278. The number of nitrogens with zero attached hydrogens (tertiary/aromatic N) is 4. The third kappa shape index (κ3) is 3.61. The molecule has 2 saturated heterocycles. The van der Waals surface area contributed by atoms with Gasteiger partial charge >= 0.3 is 6.09 Å². The lowest BCUT2D eigenvalue weighted by Crippen LogP contribution is -2.51. The van der Waals surface area contributed by atoms with E-state index in [1.165, 1.54) is 0 Å². The minimum Gasteiger partial charge on any atom is -0.507 e. The van der Waals surface area contributed by atoms with Crippen molar-refractivity contribution in [2.24, 2.45) is 0 Å². The number of hydrogen-bond acceptors (Lipinski definition) is 6. The van der Waals surface area contributed by atoms with Crippen LogP contribution in [0, 0.1) is 0 Å². The first-order valence-electron chi connectivity index (χ1n) is 10.5. The number of benzene rings is 1. The predicted octanol–water partition coefficient (Wildman–Crippen LogP) is 3.71. The molecule has 2 aliphatic rings. The van der Waals surface area contributed by atoms with Gasteiger partial charge in [0.1, 0.15) is 16.9 Å². The topological polar surface area (TPSA) is 89.7 Å². The highest BCUT2D eigenvalue weighted by Crippen LogP contribution is 2.37. The fourth-order valence-electron chi connectivity index (χ4n) is 4.09. The Morgan fingerprint density at radius 3 is 2.55 bits per heavy atom. The summed E-state index contributed by atoms with van der Waals surface area (Å²) in [4.78, 5) is 14.1. The van der Waals surface area contributed by atoms with E-state index >= 15 is 0 Å². The summed E-state index contributed by atoms with van der Waals surface area (Å²) in [5.74, 6) is 0.379. The molecule has 0 atom stereocenters. The molecule has 2 aliphatic heterocycles. The molecule has 162 valence electrons. The normalized spacial score (nSPS) is 17.5.